The van der Waals surface area contributed by atoms with Crippen molar-refractivity contribution in [3.63, 3.8) is 0 Å². The van der Waals surface area contributed by atoms with E-state index < -0.39 is 6.09 Å². The summed E-state index contributed by atoms with van der Waals surface area (Å²) >= 11 is 0. The molecule has 27 heavy (non-hydrogen) atoms. The first kappa shape index (κ1) is 19.7. The van der Waals surface area contributed by atoms with Gasteiger partial charge in [0.05, 0.1) is 16.7 Å². The zero-order valence-electron chi connectivity index (χ0n) is 15.5. The average Bonchev–Trinajstić information content (AvgIpc) is 3.00. The van der Waals surface area contributed by atoms with Gasteiger partial charge in [0.1, 0.15) is 11.6 Å². The fourth-order valence-electron chi connectivity index (χ4n) is 2.29. The summed E-state index contributed by atoms with van der Waals surface area (Å²) in [6.07, 6.45) is 9.28. The first-order valence-corrected chi connectivity index (χ1v) is 8.27. The highest BCUT2D eigenvalue weighted by Crippen LogP contribution is 2.18. The SMILES string of the molecule is C=C/C=C(\C=C)OC(=O)Nc1cc(C)nn1C(/C=c1/cccnc1=C)=C/C. The second-order valence-corrected chi connectivity index (χ2v) is 5.50. The predicted molar refractivity (Wildman–Crippen MR) is 109 cm³/mol. The highest BCUT2D eigenvalue weighted by atomic mass is 16.6. The average molecular weight is 362 g/mol. The highest BCUT2D eigenvalue weighted by Gasteiger charge is 2.13. The van der Waals surface area contributed by atoms with E-state index in [1.165, 1.54) is 12.2 Å². The Kier molecular flexibility index (Phi) is 6.66. The van der Waals surface area contributed by atoms with Gasteiger partial charge in [-0.25, -0.2) is 9.48 Å². The zero-order chi connectivity index (χ0) is 19.8. The number of nitrogens with zero attached hydrogens (tertiary/aromatic N) is 3. The molecule has 0 bridgehead atoms. The monoisotopic (exact) mass is 362 g/mol. The largest absolute Gasteiger partial charge is 0.418 e. The Hall–Kier alpha value is -3.67. The molecule has 0 fully saturated rings. The molecule has 2 rings (SSSR count). The van der Waals surface area contributed by atoms with E-state index >= 15 is 0 Å². The number of pyridine rings is 1. The molecule has 0 saturated carbocycles. The number of aromatic nitrogens is 3. The lowest BCUT2D eigenvalue weighted by Gasteiger charge is -2.10. The molecule has 1 N–H and O–H groups in total. The standard InChI is InChI=1S/C21H22N4O2/c1-6-10-19(8-3)27-21(26)23-20-13-15(4)24-25(20)18(7-2)14-17-11-9-12-22-16(17)5/h6-14H,1,3,5H2,2,4H3,(H,23,26)/b17-14-,18-7+,19-10+. The van der Waals surface area contributed by atoms with Crippen LogP contribution in [0.4, 0.5) is 10.6 Å². The molecule has 6 nitrogen and oxygen atoms in total. The first-order chi connectivity index (χ1) is 13.0. The second-order valence-electron chi connectivity index (χ2n) is 5.50. The van der Waals surface area contributed by atoms with E-state index in [1.54, 1.807) is 23.0 Å². The zero-order valence-corrected chi connectivity index (χ0v) is 15.5. The number of rotatable bonds is 6. The van der Waals surface area contributed by atoms with Crippen LogP contribution in [0.15, 0.2) is 67.6 Å². The second kappa shape index (κ2) is 9.15. The summed E-state index contributed by atoms with van der Waals surface area (Å²) in [6, 6.07) is 5.49. The molecule has 2 heterocycles. The van der Waals surface area contributed by atoms with Gasteiger partial charge < -0.3 is 4.74 Å². The number of hydrogen-bond donors (Lipinski definition) is 1. The number of allylic oxidation sites excluding steroid dienone is 5. The fourth-order valence-corrected chi connectivity index (χ4v) is 2.29. The van der Waals surface area contributed by atoms with Crippen molar-refractivity contribution in [2.24, 2.45) is 0 Å². The van der Waals surface area contributed by atoms with Crippen LogP contribution in [0.25, 0.3) is 18.4 Å². The minimum atomic E-state index is -0.654. The molecule has 0 atom stereocenters. The molecule has 6 heteroatoms. The van der Waals surface area contributed by atoms with Gasteiger partial charge >= 0.3 is 6.09 Å². The third kappa shape index (κ3) is 5.15. The molecule has 0 aliphatic heterocycles. The summed E-state index contributed by atoms with van der Waals surface area (Å²) in [5.74, 6) is 0.763. The molecule has 0 radical (unpaired) electrons. The maximum atomic E-state index is 12.2. The van der Waals surface area contributed by atoms with Crippen LogP contribution in [0.3, 0.4) is 0 Å². The van der Waals surface area contributed by atoms with Crippen molar-refractivity contribution in [3.8, 4) is 0 Å². The molecule has 1 amide bonds. The smallest absolute Gasteiger partial charge is 0.410 e. The molecule has 0 unspecified atom stereocenters. The normalized spacial score (nSPS) is 12.6. The Morgan fingerprint density at radius 3 is 2.78 bits per heavy atom. The molecule has 0 spiro atoms. The van der Waals surface area contributed by atoms with Crippen LogP contribution in [-0.4, -0.2) is 20.9 Å². The van der Waals surface area contributed by atoms with Gasteiger partial charge in [-0.2, -0.15) is 5.10 Å². The van der Waals surface area contributed by atoms with Crippen molar-refractivity contribution in [2.45, 2.75) is 13.8 Å². The third-order valence-electron chi connectivity index (χ3n) is 3.52. The molecule has 0 aliphatic rings. The van der Waals surface area contributed by atoms with Crippen molar-refractivity contribution in [2.75, 3.05) is 5.32 Å². The Balaban J connectivity index is 2.36. The Labute approximate surface area is 158 Å². The van der Waals surface area contributed by atoms with Gasteiger partial charge in [0.2, 0.25) is 0 Å². The minimum Gasteiger partial charge on any atom is -0.410 e. The number of aryl methyl sites for hydroxylation is 1. The van der Waals surface area contributed by atoms with E-state index in [2.05, 4.69) is 35.1 Å². The lowest BCUT2D eigenvalue weighted by Crippen LogP contribution is -2.26. The van der Waals surface area contributed by atoms with E-state index in [0.29, 0.717) is 16.9 Å². The van der Waals surface area contributed by atoms with Gasteiger partial charge in [-0.1, -0.05) is 38.0 Å². The number of carbonyl (C=O) groups excluding carboxylic acids is 1. The summed E-state index contributed by atoms with van der Waals surface area (Å²) < 4.78 is 6.81. The summed E-state index contributed by atoms with van der Waals surface area (Å²) in [5, 5.41) is 8.65. The molecule has 0 aliphatic carbocycles. The van der Waals surface area contributed by atoms with Crippen molar-refractivity contribution < 1.29 is 9.53 Å². The van der Waals surface area contributed by atoms with Gasteiger partial charge in [0, 0.05) is 17.5 Å². The van der Waals surface area contributed by atoms with Gasteiger partial charge in [-0.15, -0.1) is 0 Å². The molecule has 0 saturated heterocycles. The number of carbonyl (C=O) groups is 1. The van der Waals surface area contributed by atoms with E-state index in [0.717, 1.165) is 16.6 Å². The fraction of sp³-hybridized carbons (Fsp3) is 0.0952. The number of ether oxygens (including phenoxy) is 1. The molecule has 138 valence electrons. The van der Waals surface area contributed by atoms with Crippen molar-refractivity contribution >= 4 is 30.3 Å². The lowest BCUT2D eigenvalue weighted by molar-refractivity contribution is 0.194. The summed E-state index contributed by atoms with van der Waals surface area (Å²) in [4.78, 5) is 16.4. The number of amides is 1. The number of hydrogen-bond acceptors (Lipinski definition) is 4. The Morgan fingerprint density at radius 1 is 1.37 bits per heavy atom. The maximum Gasteiger partial charge on any atom is 0.418 e. The van der Waals surface area contributed by atoms with Crippen molar-refractivity contribution in [1.82, 2.24) is 14.8 Å². The van der Waals surface area contributed by atoms with E-state index in [1.807, 2.05) is 38.1 Å². The molecular weight excluding hydrogens is 340 g/mol. The van der Waals surface area contributed by atoms with E-state index in [9.17, 15) is 4.79 Å². The van der Waals surface area contributed by atoms with Crippen LogP contribution in [0.2, 0.25) is 0 Å². The number of anilines is 1. The van der Waals surface area contributed by atoms with Crippen LogP contribution in [-0.2, 0) is 4.74 Å². The van der Waals surface area contributed by atoms with E-state index in [-0.39, 0.29) is 0 Å². The molecule has 2 aromatic heterocycles. The van der Waals surface area contributed by atoms with Gasteiger partial charge in [0.25, 0.3) is 0 Å². The molecular formula is C21H22N4O2. The highest BCUT2D eigenvalue weighted by molar-refractivity contribution is 5.87. The van der Waals surface area contributed by atoms with Crippen molar-refractivity contribution in [3.05, 3.63) is 83.9 Å². The van der Waals surface area contributed by atoms with Crippen LogP contribution in [0.1, 0.15) is 12.6 Å². The summed E-state index contributed by atoms with van der Waals surface area (Å²) in [6.45, 7) is 14.8. The third-order valence-corrected chi connectivity index (χ3v) is 3.52. The van der Waals surface area contributed by atoms with Crippen LogP contribution >= 0.6 is 0 Å². The Morgan fingerprint density at radius 2 is 2.15 bits per heavy atom. The molecule has 2 aromatic rings. The van der Waals surface area contributed by atoms with Crippen molar-refractivity contribution in [1.29, 1.82) is 0 Å². The van der Waals surface area contributed by atoms with Crippen LogP contribution in [0, 0.1) is 6.92 Å². The summed E-state index contributed by atoms with van der Waals surface area (Å²) in [5.41, 5.74) is 1.49. The topological polar surface area (TPSA) is 69.0 Å². The predicted octanol–water partition coefficient (Wildman–Crippen LogP) is 3.14. The van der Waals surface area contributed by atoms with Crippen LogP contribution in [0.5, 0.6) is 0 Å². The quantitative estimate of drug-likeness (QED) is 0.633. The Bertz CT molecular complexity index is 1030. The summed E-state index contributed by atoms with van der Waals surface area (Å²) in [7, 11) is 0. The first-order valence-electron chi connectivity index (χ1n) is 8.27. The van der Waals surface area contributed by atoms with E-state index in [4.69, 9.17) is 4.74 Å². The maximum absolute atomic E-state index is 12.2. The lowest BCUT2D eigenvalue weighted by atomic mass is 10.3. The van der Waals surface area contributed by atoms with Gasteiger partial charge in [-0.05, 0) is 38.1 Å². The minimum absolute atomic E-state index is 0.292. The van der Waals surface area contributed by atoms with Crippen LogP contribution < -0.4 is 15.9 Å². The number of nitrogens with one attached hydrogen (secondary N) is 1. The van der Waals surface area contributed by atoms with Gasteiger partial charge in [-0.3, -0.25) is 10.3 Å². The van der Waals surface area contributed by atoms with Gasteiger partial charge in [0.15, 0.2) is 0 Å². The molecule has 0 aromatic carbocycles.